The van der Waals surface area contributed by atoms with Crippen LogP contribution in [0.15, 0.2) is 72.3 Å². The molecule has 0 unspecified atom stereocenters. The van der Waals surface area contributed by atoms with Crippen LogP contribution in [0.4, 0.5) is 0 Å². The van der Waals surface area contributed by atoms with Crippen molar-refractivity contribution in [2.75, 3.05) is 12.4 Å². The van der Waals surface area contributed by atoms with Crippen LogP contribution in [0.1, 0.15) is 11.3 Å². The van der Waals surface area contributed by atoms with Crippen LogP contribution < -0.4 is 0 Å². The third kappa shape index (κ3) is 5.34. The highest BCUT2D eigenvalue weighted by Gasteiger charge is 2.06. The Kier molecular flexibility index (Phi) is 7.23. The van der Waals surface area contributed by atoms with E-state index in [1.165, 1.54) is 4.90 Å². The molecule has 0 amide bonds. The highest BCUT2D eigenvalue weighted by atomic mass is 35.5. The second kappa shape index (κ2) is 9.46. The summed E-state index contributed by atoms with van der Waals surface area (Å²) in [6.07, 6.45) is 5.17. The van der Waals surface area contributed by atoms with Crippen molar-refractivity contribution in [2.24, 2.45) is 0 Å². The van der Waals surface area contributed by atoms with Crippen LogP contribution in [0.3, 0.4) is 0 Å². The molecule has 22 heavy (non-hydrogen) atoms. The molecule has 2 nitrogen and oxygen atoms in total. The molecular weight excluding hydrogens is 314 g/mol. The normalized spacial score (nSPS) is 11.4. The zero-order valence-corrected chi connectivity index (χ0v) is 13.8. The van der Waals surface area contributed by atoms with Gasteiger partial charge in [0.1, 0.15) is 0 Å². The Labute approximate surface area is 140 Å². The van der Waals surface area contributed by atoms with E-state index in [1.54, 1.807) is 30.1 Å². The van der Waals surface area contributed by atoms with Gasteiger partial charge >= 0.3 is 0 Å². The largest absolute Gasteiger partial charge is 0.374 e. The molecule has 0 aliphatic carbocycles. The second-order valence-corrected chi connectivity index (χ2v) is 6.04. The second-order valence-electron chi connectivity index (χ2n) is 4.46. The molecule has 0 aliphatic heterocycles. The van der Waals surface area contributed by atoms with Gasteiger partial charge in [-0.05, 0) is 24.3 Å². The van der Waals surface area contributed by atoms with Gasteiger partial charge in [0.05, 0.1) is 18.9 Å². The Hall–Kier alpha value is -1.55. The smallest absolute Gasteiger partial charge is 0.0894 e. The molecule has 0 fully saturated rings. The molecule has 1 heterocycles. The third-order valence-electron chi connectivity index (χ3n) is 2.89. The Morgan fingerprint density at radius 2 is 2.05 bits per heavy atom. The van der Waals surface area contributed by atoms with E-state index in [-0.39, 0.29) is 0 Å². The minimum absolute atomic E-state index is 0.451. The van der Waals surface area contributed by atoms with Gasteiger partial charge in [-0.2, -0.15) is 0 Å². The van der Waals surface area contributed by atoms with Gasteiger partial charge in [0.2, 0.25) is 0 Å². The molecule has 0 N–H and O–H groups in total. The van der Waals surface area contributed by atoms with Crippen molar-refractivity contribution < 1.29 is 4.74 Å². The van der Waals surface area contributed by atoms with Gasteiger partial charge in [0.15, 0.2) is 0 Å². The summed E-state index contributed by atoms with van der Waals surface area (Å²) >= 11 is 8.00. The molecule has 0 spiro atoms. The molecule has 0 saturated carbocycles. The fourth-order valence-electron chi connectivity index (χ4n) is 1.87. The van der Waals surface area contributed by atoms with Crippen molar-refractivity contribution in [3.8, 4) is 0 Å². The van der Waals surface area contributed by atoms with E-state index in [4.69, 9.17) is 16.3 Å². The number of allylic oxidation sites excluding steroid dienone is 2. The maximum Gasteiger partial charge on any atom is 0.0894 e. The first-order valence-corrected chi connectivity index (χ1v) is 8.35. The molecule has 114 valence electrons. The summed E-state index contributed by atoms with van der Waals surface area (Å²) in [5, 5.41) is 0.625. The van der Waals surface area contributed by atoms with Gasteiger partial charge in [-0.15, -0.1) is 11.8 Å². The molecule has 4 heteroatoms. The number of ether oxygens (including phenoxy) is 1. The highest BCUT2D eigenvalue weighted by molar-refractivity contribution is 7.99. The number of rotatable bonds is 8. The van der Waals surface area contributed by atoms with Crippen molar-refractivity contribution in [3.05, 3.63) is 78.6 Å². The number of benzene rings is 1. The van der Waals surface area contributed by atoms with Crippen LogP contribution in [-0.4, -0.2) is 17.3 Å². The topological polar surface area (TPSA) is 22.1 Å². The number of hydrogen-bond donors (Lipinski definition) is 0. The quantitative estimate of drug-likeness (QED) is 0.379. The molecule has 0 atom stereocenters. The standard InChI is InChI=1S/C18H18ClNOS/c1-2-7-17(19)16-10-6-11-20-18(16)14-21-12-13-22-15-8-4-3-5-9-15/h2-11H,1,12-14H2/b17-7+. The molecule has 0 saturated heterocycles. The van der Waals surface area contributed by atoms with Crippen LogP contribution in [0.2, 0.25) is 0 Å². The van der Waals surface area contributed by atoms with Crippen molar-refractivity contribution in [1.82, 2.24) is 4.98 Å². The lowest BCUT2D eigenvalue weighted by Crippen LogP contribution is -2.02. The lowest BCUT2D eigenvalue weighted by Gasteiger charge is -2.08. The molecule has 1 aromatic carbocycles. The fourth-order valence-corrected chi connectivity index (χ4v) is 2.92. The highest BCUT2D eigenvalue weighted by Crippen LogP contribution is 2.22. The first kappa shape index (κ1) is 16.8. The molecule has 0 bridgehead atoms. The summed E-state index contributed by atoms with van der Waals surface area (Å²) in [7, 11) is 0. The molecular formula is C18H18ClNOS. The first-order chi connectivity index (χ1) is 10.8. The van der Waals surface area contributed by atoms with E-state index in [1.807, 2.05) is 30.3 Å². The van der Waals surface area contributed by atoms with Crippen LogP contribution in [0.5, 0.6) is 0 Å². The Morgan fingerprint density at radius 3 is 2.82 bits per heavy atom. The van der Waals surface area contributed by atoms with Crippen LogP contribution in [0, 0.1) is 0 Å². The van der Waals surface area contributed by atoms with E-state index in [9.17, 15) is 0 Å². The number of thioether (sulfide) groups is 1. The van der Waals surface area contributed by atoms with Crippen molar-refractivity contribution in [3.63, 3.8) is 0 Å². The Bertz CT molecular complexity index is 628. The summed E-state index contributed by atoms with van der Waals surface area (Å²) in [5.74, 6) is 0.905. The van der Waals surface area contributed by atoms with Crippen LogP contribution in [0.25, 0.3) is 5.03 Å². The van der Waals surface area contributed by atoms with Gasteiger partial charge in [-0.1, -0.05) is 48.5 Å². The number of hydrogen-bond acceptors (Lipinski definition) is 3. The van der Waals surface area contributed by atoms with Gasteiger partial charge in [0, 0.05) is 27.4 Å². The summed E-state index contributed by atoms with van der Waals surface area (Å²) in [6, 6.07) is 14.1. The maximum atomic E-state index is 6.22. The molecule has 0 aliphatic rings. The summed E-state index contributed by atoms with van der Waals surface area (Å²) < 4.78 is 5.72. The van der Waals surface area contributed by atoms with Crippen molar-refractivity contribution >= 4 is 28.4 Å². The lowest BCUT2D eigenvalue weighted by atomic mass is 10.2. The fraction of sp³-hybridized carbons (Fsp3) is 0.167. The maximum absolute atomic E-state index is 6.22. The summed E-state index contributed by atoms with van der Waals surface area (Å²) in [5.41, 5.74) is 1.73. The predicted octanol–water partition coefficient (Wildman–Crippen LogP) is 5.16. The lowest BCUT2D eigenvalue weighted by molar-refractivity contribution is 0.133. The van der Waals surface area contributed by atoms with E-state index in [0.29, 0.717) is 18.2 Å². The minimum atomic E-state index is 0.451. The number of pyridine rings is 1. The van der Waals surface area contributed by atoms with E-state index >= 15 is 0 Å². The SMILES string of the molecule is C=C/C=C(/Cl)c1cccnc1COCCSc1ccccc1. The zero-order chi connectivity index (χ0) is 15.6. The minimum Gasteiger partial charge on any atom is -0.374 e. The van der Waals surface area contributed by atoms with Crippen molar-refractivity contribution in [1.29, 1.82) is 0 Å². The first-order valence-electron chi connectivity index (χ1n) is 6.99. The van der Waals surface area contributed by atoms with Gasteiger partial charge in [-0.3, -0.25) is 4.98 Å². The Morgan fingerprint density at radius 1 is 1.23 bits per heavy atom. The number of halogens is 1. The third-order valence-corrected chi connectivity index (χ3v) is 4.20. The molecule has 0 radical (unpaired) electrons. The molecule has 1 aromatic heterocycles. The summed E-state index contributed by atoms with van der Waals surface area (Å²) in [6.45, 7) is 4.77. The predicted molar refractivity (Wildman–Crippen MR) is 95.1 cm³/mol. The zero-order valence-electron chi connectivity index (χ0n) is 12.2. The van der Waals surface area contributed by atoms with Crippen LogP contribution in [-0.2, 0) is 11.3 Å². The average Bonchev–Trinajstić information content (AvgIpc) is 2.56. The van der Waals surface area contributed by atoms with Crippen LogP contribution >= 0.6 is 23.4 Å². The van der Waals surface area contributed by atoms with Crippen molar-refractivity contribution in [2.45, 2.75) is 11.5 Å². The molecule has 2 rings (SSSR count). The van der Waals surface area contributed by atoms with E-state index < -0.39 is 0 Å². The number of nitrogens with zero attached hydrogens (tertiary/aromatic N) is 1. The van der Waals surface area contributed by atoms with E-state index in [2.05, 4.69) is 23.7 Å². The summed E-state index contributed by atoms with van der Waals surface area (Å²) in [4.78, 5) is 5.60. The van der Waals surface area contributed by atoms with Gasteiger partial charge in [0.25, 0.3) is 0 Å². The molecule has 2 aromatic rings. The van der Waals surface area contributed by atoms with E-state index in [0.717, 1.165) is 17.0 Å². The number of aromatic nitrogens is 1. The van der Waals surface area contributed by atoms with Gasteiger partial charge in [-0.25, -0.2) is 0 Å². The monoisotopic (exact) mass is 331 g/mol. The van der Waals surface area contributed by atoms with Gasteiger partial charge < -0.3 is 4.74 Å². The Balaban J connectivity index is 1.82. The average molecular weight is 332 g/mol.